The summed E-state index contributed by atoms with van der Waals surface area (Å²) in [6, 6.07) is 11.2. The molecule has 6 heteroatoms. The van der Waals surface area contributed by atoms with Crippen LogP contribution in [-0.4, -0.2) is 11.1 Å². The molecule has 0 fully saturated rings. The zero-order valence-electron chi connectivity index (χ0n) is 12.4. The number of hydrogen-bond donors (Lipinski definition) is 2. The van der Waals surface area contributed by atoms with Crippen LogP contribution in [0.3, 0.4) is 0 Å². The van der Waals surface area contributed by atoms with Crippen LogP contribution in [0.1, 0.15) is 29.2 Å². The lowest BCUT2D eigenvalue weighted by Crippen LogP contribution is -2.16. The number of halogens is 3. The van der Waals surface area contributed by atoms with Gasteiger partial charge in [-0.3, -0.25) is 4.79 Å². The van der Waals surface area contributed by atoms with E-state index in [-0.39, 0.29) is 12.0 Å². The molecule has 0 aromatic heterocycles. The smallest absolute Gasteiger partial charge is 0.416 e. The molecule has 23 heavy (non-hydrogen) atoms. The van der Waals surface area contributed by atoms with Gasteiger partial charge in [0.2, 0.25) is 0 Å². The molecule has 2 aromatic carbocycles. The Kier molecular flexibility index (Phi) is 4.93. The quantitative estimate of drug-likeness (QED) is 0.842. The number of anilines is 1. The van der Waals surface area contributed by atoms with Gasteiger partial charge < -0.3 is 10.4 Å². The van der Waals surface area contributed by atoms with Crippen molar-refractivity contribution in [1.29, 1.82) is 0 Å². The Bertz CT molecular complexity index is 681. The number of carboxylic acid groups (broad SMARTS) is 1. The van der Waals surface area contributed by atoms with Crippen LogP contribution in [0.15, 0.2) is 48.5 Å². The molecule has 2 aromatic rings. The Morgan fingerprint density at radius 1 is 1.17 bits per heavy atom. The Hall–Kier alpha value is -2.50. The first-order valence-electron chi connectivity index (χ1n) is 6.98. The fourth-order valence-electron chi connectivity index (χ4n) is 2.21. The third kappa shape index (κ3) is 4.74. The number of carbonyl (C=O) groups is 1. The van der Waals surface area contributed by atoms with Crippen molar-refractivity contribution in [3.8, 4) is 0 Å². The standard InChI is InChI=1S/C17H16F3NO2/c1-11-5-7-14(8-6-11)21-15(10-16(22)23)12-3-2-4-13(9-12)17(18,19)20/h2-9,15,21H,10H2,1H3,(H,22,23). The van der Waals surface area contributed by atoms with Crippen molar-refractivity contribution in [3.05, 3.63) is 65.2 Å². The van der Waals surface area contributed by atoms with Crippen LogP contribution in [0, 0.1) is 6.92 Å². The maximum absolute atomic E-state index is 12.8. The summed E-state index contributed by atoms with van der Waals surface area (Å²) in [6.07, 6.45) is -4.79. The second-order valence-corrected chi connectivity index (χ2v) is 5.28. The maximum Gasteiger partial charge on any atom is 0.416 e. The zero-order chi connectivity index (χ0) is 17.0. The van der Waals surface area contributed by atoms with Gasteiger partial charge in [-0.1, -0.05) is 29.8 Å². The van der Waals surface area contributed by atoms with Gasteiger partial charge in [0.15, 0.2) is 0 Å². The molecular weight excluding hydrogens is 307 g/mol. The predicted molar refractivity (Wildman–Crippen MR) is 81.2 cm³/mol. The van der Waals surface area contributed by atoms with Crippen LogP contribution < -0.4 is 5.32 Å². The van der Waals surface area contributed by atoms with Gasteiger partial charge in [0.25, 0.3) is 0 Å². The molecule has 0 spiro atoms. The van der Waals surface area contributed by atoms with Crippen LogP contribution in [0.25, 0.3) is 0 Å². The molecule has 0 radical (unpaired) electrons. The average Bonchev–Trinajstić information content (AvgIpc) is 2.48. The van der Waals surface area contributed by atoms with E-state index in [1.807, 2.05) is 19.1 Å². The molecule has 1 atom stereocenters. The molecule has 1 unspecified atom stereocenters. The highest BCUT2D eigenvalue weighted by atomic mass is 19.4. The van der Waals surface area contributed by atoms with Gasteiger partial charge in [0.05, 0.1) is 18.0 Å². The van der Waals surface area contributed by atoms with E-state index in [9.17, 15) is 18.0 Å². The topological polar surface area (TPSA) is 49.3 Å². The van der Waals surface area contributed by atoms with Gasteiger partial charge in [0.1, 0.15) is 0 Å². The fourth-order valence-corrected chi connectivity index (χ4v) is 2.21. The Morgan fingerprint density at radius 3 is 2.39 bits per heavy atom. The summed E-state index contributed by atoms with van der Waals surface area (Å²) >= 11 is 0. The Labute approximate surface area is 131 Å². The summed E-state index contributed by atoms with van der Waals surface area (Å²) in [5.41, 5.74) is 1.17. The molecule has 0 amide bonds. The number of rotatable bonds is 5. The van der Waals surface area contributed by atoms with E-state index < -0.39 is 23.8 Å². The van der Waals surface area contributed by atoms with Gasteiger partial charge in [-0.2, -0.15) is 13.2 Å². The molecule has 2 N–H and O–H groups in total. The van der Waals surface area contributed by atoms with E-state index in [2.05, 4.69) is 5.32 Å². The molecule has 0 aliphatic carbocycles. The minimum atomic E-state index is -4.46. The van der Waals surface area contributed by atoms with Gasteiger partial charge in [-0.25, -0.2) is 0 Å². The first-order chi connectivity index (χ1) is 10.8. The molecule has 0 saturated heterocycles. The minimum Gasteiger partial charge on any atom is -0.481 e. The first-order valence-corrected chi connectivity index (χ1v) is 6.98. The Morgan fingerprint density at radius 2 is 1.83 bits per heavy atom. The molecule has 3 nitrogen and oxygen atoms in total. The van der Waals surface area contributed by atoms with Crippen molar-refractivity contribution >= 4 is 11.7 Å². The van der Waals surface area contributed by atoms with Crippen LogP contribution in [-0.2, 0) is 11.0 Å². The van der Waals surface area contributed by atoms with E-state index >= 15 is 0 Å². The highest BCUT2D eigenvalue weighted by Crippen LogP contribution is 2.32. The third-order valence-corrected chi connectivity index (χ3v) is 3.39. The summed E-state index contributed by atoms with van der Waals surface area (Å²) in [5.74, 6) is -1.09. The van der Waals surface area contributed by atoms with Gasteiger partial charge in [0, 0.05) is 5.69 Å². The lowest BCUT2D eigenvalue weighted by Gasteiger charge is -2.20. The highest BCUT2D eigenvalue weighted by molar-refractivity contribution is 5.69. The maximum atomic E-state index is 12.8. The van der Waals surface area contributed by atoms with Crippen molar-refractivity contribution in [2.45, 2.75) is 25.6 Å². The SMILES string of the molecule is Cc1ccc(NC(CC(=O)O)c2cccc(C(F)(F)F)c2)cc1. The van der Waals surface area contributed by atoms with E-state index in [0.717, 1.165) is 17.7 Å². The van der Waals surface area contributed by atoms with Crippen LogP contribution in [0.5, 0.6) is 0 Å². The molecule has 0 aliphatic heterocycles. The second kappa shape index (κ2) is 6.73. The minimum absolute atomic E-state index is 0.280. The normalized spacial score (nSPS) is 12.7. The number of aliphatic carboxylic acids is 1. The van der Waals surface area contributed by atoms with Crippen molar-refractivity contribution in [2.75, 3.05) is 5.32 Å². The summed E-state index contributed by atoms with van der Waals surface area (Å²) in [7, 11) is 0. The molecule has 2 rings (SSSR count). The molecule has 0 bridgehead atoms. The summed E-state index contributed by atoms with van der Waals surface area (Å²) in [5, 5.41) is 12.0. The highest BCUT2D eigenvalue weighted by Gasteiger charge is 2.31. The number of nitrogens with one attached hydrogen (secondary N) is 1. The summed E-state index contributed by atoms with van der Waals surface area (Å²) < 4.78 is 38.5. The van der Waals surface area contributed by atoms with E-state index in [1.165, 1.54) is 12.1 Å². The average molecular weight is 323 g/mol. The summed E-state index contributed by atoms with van der Waals surface area (Å²) in [4.78, 5) is 11.0. The molecule has 0 aliphatic rings. The van der Waals surface area contributed by atoms with Gasteiger partial charge >= 0.3 is 12.1 Å². The second-order valence-electron chi connectivity index (χ2n) is 5.28. The summed E-state index contributed by atoms with van der Waals surface area (Å²) in [6.45, 7) is 1.91. The lowest BCUT2D eigenvalue weighted by molar-refractivity contribution is -0.138. The van der Waals surface area contributed by atoms with Crippen molar-refractivity contribution in [3.63, 3.8) is 0 Å². The van der Waals surface area contributed by atoms with Crippen LogP contribution in [0.4, 0.5) is 18.9 Å². The van der Waals surface area contributed by atoms with E-state index in [4.69, 9.17) is 5.11 Å². The number of aryl methyl sites for hydroxylation is 1. The monoisotopic (exact) mass is 323 g/mol. The van der Waals surface area contributed by atoms with E-state index in [0.29, 0.717) is 5.69 Å². The molecule has 0 saturated carbocycles. The van der Waals surface area contributed by atoms with E-state index in [1.54, 1.807) is 12.1 Å². The Balaban J connectivity index is 2.31. The molecular formula is C17H16F3NO2. The molecule has 0 heterocycles. The zero-order valence-corrected chi connectivity index (χ0v) is 12.4. The van der Waals surface area contributed by atoms with Gasteiger partial charge in [-0.05, 0) is 36.8 Å². The number of alkyl halides is 3. The fraction of sp³-hybridized carbons (Fsp3) is 0.235. The van der Waals surface area contributed by atoms with Crippen molar-refractivity contribution in [2.24, 2.45) is 0 Å². The number of hydrogen-bond acceptors (Lipinski definition) is 2. The first kappa shape index (κ1) is 16.9. The number of carboxylic acids is 1. The van der Waals surface area contributed by atoms with Crippen molar-refractivity contribution < 1.29 is 23.1 Å². The third-order valence-electron chi connectivity index (χ3n) is 3.39. The molecule has 122 valence electrons. The van der Waals surface area contributed by atoms with Gasteiger partial charge in [-0.15, -0.1) is 0 Å². The van der Waals surface area contributed by atoms with Crippen LogP contribution in [0.2, 0.25) is 0 Å². The largest absolute Gasteiger partial charge is 0.481 e. The number of benzene rings is 2. The predicted octanol–water partition coefficient (Wildman–Crippen LogP) is 4.64. The van der Waals surface area contributed by atoms with Crippen LogP contribution >= 0.6 is 0 Å². The van der Waals surface area contributed by atoms with Crippen molar-refractivity contribution in [1.82, 2.24) is 0 Å². The lowest BCUT2D eigenvalue weighted by atomic mass is 10.0.